The maximum atomic E-state index is 12.7. The summed E-state index contributed by atoms with van der Waals surface area (Å²) in [7, 11) is 0. The van der Waals surface area contributed by atoms with Gasteiger partial charge in [-0.25, -0.2) is 4.79 Å². The number of halogens is 3. The minimum Gasteiger partial charge on any atom is -0.475 e. The van der Waals surface area contributed by atoms with Crippen LogP contribution in [0.2, 0.25) is 0 Å². The van der Waals surface area contributed by atoms with E-state index in [-0.39, 0.29) is 0 Å². The number of hydrogen-bond acceptors (Lipinski definition) is 6. The summed E-state index contributed by atoms with van der Waals surface area (Å²) in [6.07, 6.45) is -2.19. The third-order valence-electron chi connectivity index (χ3n) is 7.38. The summed E-state index contributed by atoms with van der Waals surface area (Å²) in [6, 6.07) is 18.3. The molecule has 0 spiro atoms. The number of carbonyl (C=O) groups excluding carboxylic acids is 2. The van der Waals surface area contributed by atoms with Crippen LogP contribution in [0, 0.1) is 0 Å². The normalized spacial score (nSPS) is 21.2. The van der Waals surface area contributed by atoms with Crippen molar-refractivity contribution < 1.29 is 42.9 Å². The van der Waals surface area contributed by atoms with E-state index in [1.165, 1.54) is 5.56 Å². The van der Waals surface area contributed by atoms with Gasteiger partial charge < -0.3 is 26.0 Å². The fraction of sp³-hybridized carbons (Fsp3) is 0.464. The second kappa shape index (κ2) is 13.7. The van der Waals surface area contributed by atoms with Crippen molar-refractivity contribution in [3.8, 4) is 0 Å². The van der Waals surface area contributed by atoms with Gasteiger partial charge in [0.15, 0.2) is 6.10 Å². The lowest BCUT2D eigenvalue weighted by Crippen LogP contribution is -2.48. The van der Waals surface area contributed by atoms with Crippen molar-refractivity contribution in [2.45, 2.75) is 62.5 Å². The Kier molecular flexibility index (Phi) is 10.7. The smallest absolute Gasteiger partial charge is 0.475 e. The maximum Gasteiger partial charge on any atom is 0.490 e. The summed E-state index contributed by atoms with van der Waals surface area (Å²) < 4.78 is 31.7. The second-order valence-corrected chi connectivity index (χ2v) is 10.0. The number of amides is 2. The molecule has 2 aliphatic rings. The number of carboxylic acids is 1. The van der Waals surface area contributed by atoms with Gasteiger partial charge in [-0.1, -0.05) is 42.5 Å². The molecule has 0 aliphatic carbocycles. The highest BCUT2D eigenvalue weighted by atomic mass is 19.4. The van der Waals surface area contributed by atoms with Crippen LogP contribution in [0.25, 0.3) is 0 Å². The number of carbonyl (C=O) groups is 3. The molecule has 12 heteroatoms. The number of aliphatic hydroxyl groups is 2. The predicted molar refractivity (Wildman–Crippen MR) is 139 cm³/mol. The van der Waals surface area contributed by atoms with Gasteiger partial charge in [0, 0.05) is 37.3 Å². The molecular formula is C28H34F3N3O6. The van der Waals surface area contributed by atoms with E-state index in [9.17, 15) is 33.0 Å². The molecule has 0 saturated carbocycles. The van der Waals surface area contributed by atoms with E-state index in [1.54, 1.807) is 11.0 Å². The molecule has 2 aliphatic heterocycles. The summed E-state index contributed by atoms with van der Waals surface area (Å²) in [5.74, 6) is -3.19. The Hall–Kier alpha value is -3.48. The molecule has 2 fully saturated rings. The molecule has 4 atom stereocenters. The molecule has 4 rings (SSSR count). The average Bonchev–Trinajstić information content (AvgIpc) is 3.16. The Labute approximate surface area is 230 Å². The Morgan fingerprint density at radius 3 is 2.15 bits per heavy atom. The van der Waals surface area contributed by atoms with Crippen LogP contribution in [0.15, 0.2) is 54.6 Å². The Bertz CT molecular complexity index is 1150. The van der Waals surface area contributed by atoms with Crippen LogP contribution in [0.3, 0.4) is 0 Å². The zero-order chi connectivity index (χ0) is 29.4. The zero-order valence-electron chi connectivity index (χ0n) is 21.8. The van der Waals surface area contributed by atoms with Crippen molar-refractivity contribution >= 4 is 17.8 Å². The van der Waals surface area contributed by atoms with Gasteiger partial charge in [0.05, 0.1) is 6.61 Å². The maximum absolute atomic E-state index is 12.7. The molecule has 5 N–H and O–H groups in total. The minimum atomic E-state index is -5.08. The van der Waals surface area contributed by atoms with Gasteiger partial charge >= 0.3 is 12.1 Å². The van der Waals surface area contributed by atoms with E-state index in [0.29, 0.717) is 36.7 Å². The SMILES string of the molecule is NC(=O)c1cccc(C2C[C@H]3CC[C@@H](C2)N3CCN(Cc2ccccc2)C(=O)[C@@H](O)CO)c1.O=C(O)C(F)(F)F. The summed E-state index contributed by atoms with van der Waals surface area (Å²) in [5.41, 5.74) is 8.19. The molecule has 2 aromatic carbocycles. The summed E-state index contributed by atoms with van der Waals surface area (Å²) in [4.78, 5) is 37.3. The number of alkyl halides is 3. The standard InChI is InChI=1S/C26H33N3O4.C2HF3O2/c27-25(32)20-8-4-7-19(13-20)21-14-22-9-10-23(15-21)29(22)12-11-28(26(33)24(31)17-30)16-18-5-2-1-3-6-18;3-2(4,5)1(6)7/h1-8,13,21-24,30-31H,9-12,14-17H2,(H2,27,32);(H,6,7)/t21?,22-,23+,24-;/m0./s1. The van der Waals surface area contributed by atoms with Crippen molar-refractivity contribution in [2.24, 2.45) is 5.73 Å². The van der Waals surface area contributed by atoms with E-state index >= 15 is 0 Å². The number of piperidine rings is 1. The van der Waals surface area contributed by atoms with E-state index in [4.69, 9.17) is 15.6 Å². The molecular weight excluding hydrogens is 531 g/mol. The molecule has 0 aromatic heterocycles. The average molecular weight is 566 g/mol. The van der Waals surface area contributed by atoms with Crippen LogP contribution >= 0.6 is 0 Å². The van der Waals surface area contributed by atoms with Crippen LogP contribution in [0.5, 0.6) is 0 Å². The molecule has 2 saturated heterocycles. The highest BCUT2D eigenvalue weighted by molar-refractivity contribution is 5.92. The molecule has 218 valence electrons. The molecule has 9 nitrogen and oxygen atoms in total. The first-order chi connectivity index (χ1) is 18.9. The first-order valence-corrected chi connectivity index (χ1v) is 13.0. The number of rotatable bonds is 9. The number of aliphatic carboxylic acids is 1. The first-order valence-electron chi connectivity index (χ1n) is 13.0. The van der Waals surface area contributed by atoms with Gasteiger partial charge in [-0.15, -0.1) is 0 Å². The van der Waals surface area contributed by atoms with Crippen LogP contribution in [0.4, 0.5) is 13.2 Å². The van der Waals surface area contributed by atoms with Crippen LogP contribution in [-0.2, 0) is 16.1 Å². The highest BCUT2D eigenvalue weighted by Gasteiger charge is 2.41. The van der Waals surface area contributed by atoms with Crippen molar-refractivity contribution in [3.05, 3.63) is 71.3 Å². The van der Waals surface area contributed by atoms with Gasteiger partial charge in [-0.2, -0.15) is 13.2 Å². The molecule has 2 bridgehead atoms. The largest absolute Gasteiger partial charge is 0.490 e. The van der Waals surface area contributed by atoms with Crippen molar-refractivity contribution in [1.82, 2.24) is 9.80 Å². The summed E-state index contributed by atoms with van der Waals surface area (Å²) in [5, 5.41) is 26.4. The molecule has 2 heterocycles. The molecule has 2 amide bonds. The second-order valence-electron chi connectivity index (χ2n) is 10.0. The van der Waals surface area contributed by atoms with Gasteiger partial charge in [-0.05, 0) is 54.9 Å². The third kappa shape index (κ3) is 8.26. The van der Waals surface area contributed by atoms with Crippen molar-refractivity contribution in [2.75, 3.05) is 19.7 Å². The fourth-order valence-corrected chi connectivity index (χ4v) is 5.45. The Morgan fingerprint density at radius 2 is 1.62 bits per heavy atom. The monoisotopic (exact) mass is 565 g/mol. The zero-order valence-corrected chi connectivity index (χ0v) is 21.8. The first kappa shape index (κ1) is 31.1. The highest BCUT2D eigenvalue weighted by Crippen LogP contribution is 2.43. The Morgan fingerprint density at radius 1 is 1.02 bits per heavy atom. The number of benzene rings is 2. The Balaban J connectivity index is 0.000000559. The summed E-state index contributed by atoms with van der Waals surface area (Å²) >= 11 is 0. The molecule has 0 radical (unpaired) electrons. The van der Waals surface area contributed by atoms with Gasteiger partial charge in [0.1, 0.15) is 0 Å². The number of fused-ring (bicyclic) bond motifs is 2. The van der Waals surface area contributed by atoms with Gasteiger partial charge in [-0.3, -0.25) is 14.5 Å². The third-order valence-corrected chi connectivity index (χ3v) is 7.38. The van der Waals surface area contributed by atoms with Gasteiger partial charge in [0.2, 0.25) is 5.91 Å². The lowest BCUT2D eigenvalue weighted by atomic mass is 9.84. The van der Waals surface area contributed by atoms with Crippen molar-refractivity contribution in [3.63, 3.8) is 0 Å². The number of nitrogens with two attached hydrogens (primary N) is 1. The van der Waals surface area contributed by atoms with Gasteiger partial charge in [0.25, 0.3) is 5.91 Å². The molecule has 2 aromatic rings. The fourth-order valence-electron chi connectivity index (χ4n) is 5.45. The van der Waals surface area contributed by atoms with Crippen LogP contribution in [-0.4, -0.2) is 87.0 Å². The number of aliphatic hydroxyl groups excluding tert-OH is 2. The van der Waals surface area contributed by atoms with Crippen LogP contribution < -0.4 is 5.73 Å². The van der Waals surface area contributed by atoms with E-state index in [1.807, 2.05) is 42.5 Å². The van der Waals surface area contributed by atoms with E-state index in [0.717, 1.165) is 37.8 Å². The van der Waals surface area contributed by atoms with Crippen molar-refractivity contribution in [1.29, 1.82) is 0 Å². The number of primary amides is 1. The lowest BCUT2D eigenvalue weighted by Gasteiger charge is -2.40. The quantitative estimate of drug-likeness (QED) is 0.366. The topological polar surface area (TPSA) is 144 Å². The minimum absolute atomic E-state index is 0.398. The predicted octanol–water partition coefficient (Wildman–Crippen LogP) is 2.51. The number of nitrogens with zero attached hydrogens (tertiary/aromatic N) is 2. The van der Waals surface area contributed by atoms with E-state index < -0.39 is 36.7 Å². The number of hydrogen-bond donors (Lipinski definition) is 4. The lowest BCUT2D eigenvalue weighted by molar-refractivity contribution is -0.192. The van der Waals surface area contributed by atoms with Crippen LogP contribution in [0.1, 0.15) is 53.1 Å². The molecule has 1 unspecified atom stereocenters. The molecule has 40 heavy (non-hydrogen) atoms. The van der Waals surface area contributed by atoms with E-state index in [2.05, 4.69) is 11.0 Å². The summed E-state index contributed by atoms with van der Waals surface area (Å²) in [6.45, 7) is 1.06. The number of carboxylic acid groups (broad SMARTS) is 1.